The Morgan fingerprint density at radius 3 is 2.57 bits per heavy atom. The molecule has 4 rings (SSSR count). The lowest BCUT2D eigenvalue weighted by Gasteiger charge is -2.28. The van der Waals surface area contributed by atoms with Crippen LogP contribution in [0.15, 0.2) is 24.3 Å². The van der Waals surface area contributed by atoms with Crippen molar-refractivity contribution in [1.82, 2.24) is 5.32 Å². The molecule has 0 spiro atoms. The molecule has 1 unspecified atom stereocenters. The van der Waals surface area contributed by atoms with Gasteiger partial charge < -0.3 is 10.2 Å². The van der Waals surface area contributed by atoms with Crippen LogP contribution in [0.3, 0.4) is 0 Å². The van der Waals surface area contributed by atoms with Crippen LogP contribution in [0.25, 0.3) is 0 Å². The molecule has 23 heavy (non-hydrogen) atoms. The molecule has 1 aromatic rings. The number of hydrogen-bond acceptors (Lipinski definition) is 2. The molecule has 0 saturated heterocycles. The maximum absolute atomic E-state index is 13.2. The van der Waals surface area contributed by atoms with Gasteiger partial charge in [0.25, 0.3) is 0 Å². The van der Waals surface area contributed by atoms with E-state index in [0.717, 1.165) is 24.9 Å². The Balaban J connectivity index is 1.55. The zero-order valence-electron chi connectivity index (χ0n) is 13.7. The van der Waals surface area contributed by atoms with Gasteiger partial charge in [0.2, 0.25) is 11.8 Å². The number of amides is 2. The second-order valence-corrected chi connectivity index (χ2v) is 7.39. The molecule has 1 heterocycles. The third kappa shape index (κ3) is 2.35. The van der Waals surface area contributed by atoms with E-state index in [1.54, 1.807) is 0 Å². The predicted octanol–water partition coefficient (Wildman–Crippen LogP) is 2.80. The van der Waals surface area contributed by atoms with Gasteiger partial charge in [-0.2, -0.15) is 0 Å². The van der Waals surface area contributed by atoms with Crippen LogP contribution >= 0.6 is 0 Å². The summed E-state index contributed by atoms with van der Waals surface area (Å²) in [6.07, 6.45) is 6.73. The lowest BCUT2D eigenvalue weighted by atomic mass is 10.0. The fraction of sp³-hybridized carbons (Fsp3) is 0.579. The van der Waals surface area contributed by atoms with E-state index in [0.29, 0.717) is 12.8 Å². The molecule has 1 aromatic carbocycles. The number of carbonyl (C=O) groups excluding carboxylic acids is 2. The van der Waals surface area contributed by atoms with Crippen molar-refractivity contribution in [1.29, 1.82) is 0 Å². The summed E-state index contributed by atoms with van der Waals surface area (Å²) >= 11 is 0. The van der Waals surface area contributed by atoms with Crippen molar-refractivity contribution in [3.63, 3.8) is 0 Å². The first kappa shape index (κ1) is 14.7. The van der Waals surface area contributed by atoms with Crippen molar-refractivity contribution in [3.05, 3.63) is 29.8 Å². The molecular weight excluding hydrogens is 288 g/mol. The zero-order chi connectivity index (χ0) is 16.0. The molecular formula is C19H24N2O2. The fourth-order valence-electron chi connectivity index (χ4n) is 4.16. The Hall–Kier alpha value is -1.84. The number of fused-ring (bicyclic) bond motifs is 1. The summed E-state index contributed by atoms with van der Waals surface area (Å²) in [7, 11) is 0. The first-order valence-electron chi connectivity index (χ1n) is 8.84. The van der Waals surface area contributed by atoms with Crippen molar-refractivity contribution in [2.24, 2.45) is 5.41 Å². The van der Waals surface area contributed by atoms with Crippen LogP contribution in [0.4, 0.5) is 5.69 Å². The van der Waals surface area contributed by atoms with E-state index in [-0.39, 0.29) is 23.9 Å². The minimum atomic E-state index is -0.797. The van der Waals surface area contributed by atoms with Gasteiger partial charge in [0.05, 0.1) is 0 Å². The summed E-state index contributed by atoms with van der Waals surface area (Å²) < 4.78 is 0. The van der Waals surface area contributed by atoms with E-state index in [1.807, 2.05) is 23.1 Å². The summed E-state index contributed by atoms with van der Waals surface area (Å²) in [5.74, 6) is -0.0311. The average Bonchev–Trinajstić information content (AvgIpc) is 3.08. The van der Waals surface area contributed by atoms with E-state index in [9.17, 15) is 9.59 Å². The molecule has 2 fully saturated rings. The lowest BCUT2D eigenvalue weighted by Crippen LogP contribution is -2.49. The largest absolute Gasteiger partial charge is 0.352 e. The third-order valence-corrected chi connectivity index (χ3v) is 5.71. The molecule has 2 amide bonds. The molecule has 0 bridgehead atoms. The number of anilines is 1. The van der Waals surface area contributed by atoms with Gasteiger partial charge in [0.15, 0.2) is 0 Å². The van der Waals surface area contributed by atoms with E-state index < -0.39 is 5.41 Å². The standard InChI is InChI=1S/C19H24N2O2/c1-13-12-14-6-2-5-9-16(14)21(13)18(23)19(10-11-19)17(22)20-15-7-3-4-8-15/h2,5-6,9,13,15H,3-4,7-8,10-12H2,1H3,(H,20,22). The number of para-hydroxylation sites is 1. The molecule has 2 saturated carbocycles. The molecule has 1 aliphatic heterocycles. The highest BCUT2D eigenvalue weighted by Gasteiger charge is 2.59. The molecule has 1 N–H and O–H groups in total. The maximum atomic E-state index is 13.2. The third-order valence-electron chi connectivity index (χ3n) is 5.71. The van der Waals surface area contributed by atoms with Gasteiger partial charge in [0.1, 0.15) is 5.41 Å². The number of hydrogen-bond donors (Lipinski definition) is 1. The second-order valence-electron chi connectivity index (χ2n) is 7.39. The van der Waals surface area contributed by atoms with E-state index in [2.05, 4.69) is 18.3 Å². The molecule has 0 aromatic heterocycles. The van der Waals surface area contributed by atoms with Gasteiger partial charge in [-0.3, -0.25) is 9.59 Å². The molecule has 0 radical (unpaired) electrons. The molecule has 122 valence electrons. The van der Waals surface area contributed by atoms with Crippen LogP contribution in [0.5, 0.6) is 0 Å². The molecule has 3 aliphatic rings. The highest BCUT2D eigenvalue weighted by atomic mass is 16.2. The van der Waals surface area contributed by atoms with Crippen LogP contribution in [-0.2, 0) is 16.0 Å². The van der Waals surface area contributed by atoms with E-state index in [4.69, 9.17) is 0 Å². The Morgan fingerprint density at radius 2 is 1.87 bits per heavy atom. The average molecular weight is 312 g/mol. The number of nitrogens with zero attached hydrogens (tertiary/aromatic N) is 1. The minimum Gasteiger partial charge on any atom is -0.352 e. The van der Waals surface area contributed by atoms with Crippen molar-refractivity contribution >= 4 is 17.5 Å². The summed E-state index contributed by atoms with van der Waals surface area (Å²) in [6, 6.07) is 8.47. The minimum absolute atomic E-state index is 0.00504. The number of nitrogens with one attached hydrogen (secondary N) is 1. The molecule has 1 atom stereocenters. The Labute approximate surface area is 137 Å². The highest BCUT2D eigenvalue weighted by Crippen LogP contribution is 2.50. The number of carbonyl (C=O) groups is 2. The monoisotopic (exact) mass is 312 g/mol. The van der Waals surface area contributed by atoms with Crippen LogP contribution in [0, 0.1) is 5.41 Å². The van der Waals surface area contributed by atoms with Crippen molar-refractivity contribution < 1.29 is 9.59 Å². The topological polar surface area (TPSA) is 49.4 Å². The van der Waals surface area contributed by atoms with Crippen LogP contribution < -0.4 is 10.2 Å². The van der Waals surface area contributed by atoms with E-state index in [1.165, 1.54) is 18.4 Å². The van der Waals surface area contributed by atoms with Crippen LogP contribution in [0.1, 0.15) is 51.0 Å². The Kier molecular flexibility index (Phi) is 3.43. The lowest BCUT2D eigenvalue weighted by molar-refractivity contribution is -0.136. The first-order chi connectivity index (χ1) is 11.1. The second kappa shape index (κ2) is 5.36. The first-order valence-corrected chi connectivity index (χ1v) is 8.84. The van der Waals surface area contributed by atoms with Crippen LogP contribution in [0.2, 0.25) is 0 Å². The SMILES string of the molecule is CC1Cc2ccccc2N1C(=O)C1(C(=O)NC2CCCC2)CC1. The van der Waals surface area contributed by atoms with Gasteiger partial charge >= 0.3 is 0 Å². The summed E-state index contributed by atoms with van der Waals surface area (Å²) in [6.45, 7) is 2.07. The van der Waals surface area contributed by atoms with Crippen molar-refractivity contribution in [3.8, 4) is 0 Å². The fourth-order valence-corrected chi connectivity index (χ4v) is 4.16. The number of rotatable bonds is 3. The zero-order valence-corrected chi connectivity index (χ0v) is 13.7. The van der Waals surface area contributed by atoms with Crippen molar-refractivity contribution in [2.75, 3.05) is 4.90 Å². The summed E-state index contributed by atoms with van der Waals surface area (Å²) in [4.78, 5) is 27.8. The van der Waals surface area contributed by atoms with Gasteiger partial charge in [-0.15, -0.1) is 0 Å². The number of benzene rings is 1. The quantitative estimate of drug-likeness (QED) is 0.873. The normalized spacial score (nSPS) is 25.3. The molecule has 2 aliphatic carbocycles. The molecule has 4 nitrogen and oxygen atoms in total. The Bertz CT molecular complexity index is 645. The highest BCUT2D eigenvalue weighted by molar-refractivity contribution is 6.15. The van der Waals surface area contributed by atoms with E-state index >= 15 is 0 Å². The predicted molar refractivity (Wildman–Crippen MR) is 89.2 cm³/mol. The van der Waals surface area contributed by atoms with Crippen molar-refractivity contribution in [2.45, 2.75) is 64.0 Å². The van der Waals surface area contributed by atoms with Gasteiger partial charge in [-0.1, -0.05) is 31.0 Å². The van der Waals surface area contributed by atoms with Crippen LogP contribution in [-0.4, -0.2) is 23.9 Å². The van der Waals surface area contributed by atoms with Gasteiger partial charge in [-0.05, 0) is 50.7 Å². The summed E-state index contributed by atoms with van der Waals surface area (Å²) in [5.41, 5.74) is 1.40. The Morgan fingerprint density at radius 1 is 1.17 bits per heavy atom. The maximum Gasteiger partial charge on any atom is 0.242 e. The molecule has 4 heteroatoms. The summed E-state index contributed by atoms with van der Waals surface area (Å²) in [5, 5.41) is 3.14. The smallest absolute Gasteiger partial charge is 0.242 e. The van der Waals surface area contributed by atoms with Gasteiger partial charge in [-0.25, -0.2) is 0 Å². The van der Waals surface area contributed by atoms with Gasteiger partial charge in [0, 0.05) is 17.8 Å².